The molecule has 0 saturated heterocycles. The molecule has 0 aliphatic heterocycles. The van der Waals surface area contributed by atoms with Crippen molar-refractivity contribution < 1.29 is 17.9 Å². The predicted octanol–water partition coefficient (Wildman–Crippen LogP) is 2.89. The molecule has 2 unspecified atom stereocenters. The lowest BCUT2D eigenvalue weighted by Crippen LogP contribution is -2.37. The highest BCUT2D eigenvalue weighted by molar-refractivity contribution is 7.89. The van der Waals surface area contributed by atoms with Gasteiger partial charge in [-0.1, -0.05) is 18.9 Å². The number of carbonyl (C=O) groups excluding carboxylic acids is 1. The molecule has 30 heavy (non-hydrogen) atoms. The summed E-state index contributed by atoms with van der Waals surface area (Å²) in [6, 6.07) is 9.37. The summed E-state index contributed by atoms with van der Waals surface area (Å²) in [5.41, 5.74) is 1.39. The maximum Gasteiger partial charge on any atom is 0.319 e. The number of urea groups is 1. The summed E-state index contributed by atoms with van der Waals surface area (Å²) in [7, 11) is -1.95. The van der Waals surface area contributed by atoms with Crippen LogP contribution < -0.4 is 15.4 Å². The van der Waals surface area contributed by atoms with Crippen molar-refractivity contribution in [1.29, 1.82) is 0 Å². The minimum atomic E-state index is -3.62. The smallest absolute Gasteiger partial charge is 0.319 e. The van der Waals surface area contributed by atoms with Gasteiger partial charge in [0.1, 0.15) is 0 Å². The number of pyridine rings is 1. The average Bonchev–Trinajstić information content (AvgIpc) is 2.77. The Morgan fingerprint density at radius 2 is 1.93 bits per heavy atom. The molecule has 0 radical (unpaired) electrons. The zero-order valence-electron chi connectivity index (χ0n) is 17.0. The summed E-state index contributed by atoms with van der Waals surface area (Å²) < 4.78 is 33.4. The highest BCUT2D eigenvalue weighted by Gasteiger charge is 2.26. The third-order valence-corrected chi connectivity index (χ3v) is 6.72. The van der Waals surface area contributed by atoms with Gasteiger partial charge in [0.25, 0.3) is 0 Å². The Labute approximate surface area is 177 Å². The second-order valence-electron chi connectivity index (χ2n) is 7.36. The van der Waals surface area contributed by atoms with Crippen LogP contribution in [0.15, 0.2) is 53.7 Å². The Hall–Kier alpha value is -2.49. The van der Waals surface area contributed by atoms with Gasteiger partial charge in [0.15, 0.2) is 0 Å². The number of rotatable bonds is 8. The first-order valence-electron chi connectivity index (χ1n) is 10.0. The van der Waals surface area contributed by atoms with E-state index in [1.54, 1.807) is 37.7 Å². The number of hydrogen-bond acceptors (Lipinski definition) is 5. The second kappa shape index (κ2) is 10.5. The van der Waals surface area contributed by atoms with Crippen LogP contribution in [0.4, 0.5) is 10.5 Å². The van der Waals surface area contributed by atoms with Crippen molar-refractivity contribution in [3.05, 3.63) is 54.4 Å². The monoisotopic (exact) mass is 432 g/mol. The van der Waals surface area contributed by atoms with Crippen LogP contribution >= 0.6 is 0 Å². The number of nitrogens with zero attached hydrogens (tertiary/aromatic N) is 1. The highest BCUT2D eigenvalue weighted by atomic mass is 32.2. The molecule has 0 spiro atoms. The third kappa shape index (κ3) is 6.25. The first-order valence-corrected chi connectivity index (χ1v) is 11.5. The molecule has 162 valence electrons. The van der Waals surface area contributed by atoms with Crippen LogP contribution in [0, 0.1) is 5.92 Å². The number of sulfonamides is 1. The zero-order chi connectivity index (χ0) is 21.4. The van der Waals surface area contributed by atoms with Crippen molar-refractivity contribution in [3.63, 3.8) is 0 Å². The van der Waals surface area contributed by atoms with Crippen LogP contribution in [0.5, 0.6) is 0 Å². The van der Waals surface area contributed by atoms with Crippen molar-refractivity contribution in [1.82, 2.24) is 15.0 Å². The lowest BCUT2D eigenvalue weighted by molar-refractivity contribution is 0.0259. The maximum absolute atomic E-state index is 12.6. The van der Waals surface area contributed by atoms with Crippen molar-refractivity contribution in [2.24, 2.45) is 5.92 Å². The van der Waals surface area contributed by atoms with Crippen LogP contribution in [0.2, 0.25) is 0 Å². The molecular weight excluding hydrogens is 404 g/mol. The molecule has 3 N–H and O–H groups in total. The number of ether oxygens (including phenoxy) is 1. The van der Waals surface area contributed by atoms with E-state index in [1.807, 2.05) is 6.07 Å². The van der Waals surface area contributed by atoms with Gasteiger partial charge in [-0.25, -0.2) is 17.9 Å². The van der Waals surface area contributed by atoms with Crippen molar-refractivity contribution in [2.75, 3.05) is 19.0 Å². The Morgan fingerprint density at radius 3 is 2.63 bits per heavy atom. The van der Waals surface area contributed by atoms with Gasteiger partial charge in [-0.2, -0.15) is 0 Å². The van der Waals surface area contributed by atoms with E-state index in [0.717, 1.165) is 31.2 Å². The van der Waals surface area contributed by atoms with Gasteiger partial charge < -0.3 is 15.4 Å². The predicted molar refractivity (Wildman–Crippen MR) is 114 cm³/mol. The van der Waals surface area contributed by atoms with E-state index in [9.17, 15) is 13.2 Å². The first kappa shape index (κ1) is 22.2. The van der Waals surface area contributed by atoms with E-state index in [-0.39, 0.29) is 22.9 Å². The molecular formula is C21H28N4O4S. The molecule has 1 fully saturated rings. The topological polar surface area (TPSA) is 109 Å². The van der Waals surface area contributed by atoms with Crippen LogP contribution in [-0.4, -0.2) is 39.2 Å². The van der Waals surface area contributed by atoms with E-state index in [0.29, 0.717) is 18.8 Å². The highest BCUT2D eigenvalue weighted by Crippen LogP contribution is 2.26. The molecule has 9 heteroatoms. The Morgan fingerprint density at radius 1 is 1.17 bits per heavy atom. The van der Waals surface area contributed by atoms with E-state index in [1.165, 1.54) is 12.1 Å². The number of aromatic nitrogens is 1. The number of benzene rings is 1. The van der Waals surface area contributed by atoms with E-state index < -0.39 is 10.0 Å². The molecule has 1 aliphatic rings. The van der Waals surface area contributed by atoms with E-state index in [2.05, 4.69) is 20.3 Å². The lowest BCUT2D eigenvalue weighted by atomic mass is 9.86. The minimum absolute atomic E-state index is 0.0956. The van der Waals surface area contributed by atoms with Crippen molar-refractivity contribution in [2.45, 2.75) is 43.2 Å². The molecule has 0 bridgehead atoms. The van der Waals surface area contributed by atoms with Gasteiger partial charge in [0.05, 0.1) is 11.0 Å². The second-order valence-corrected chi connectivity index (χ2v) is 9.13. The van der Waals surface area contributed by atoms with Gasteiger partial charge in [-0.15, -0.1) is 0 Å². The summed E-state index contributed by atoms with van der Waals surface area (Å²) >= 11 is 0. The fourth-order valence-electron chi connectivity index (χ4n) is 3.60. The quantitative estimate of drug-likeness (QED) is 0.594. The van der Waals surface area contributed by atoms with Gasteiger partial charge in [-0.05, 0) is 54.7 Å². The number of carbonyl (C=O) groups is 1. The molecule has 1 saturated carbocycles. The fraction of sp³-hybridized carbons (Fsp3) is 0.429. The first-order chi connectivity index (χ1) is 14.5. The normalized spacial score (nSPS) is 19.2. The van der Waals surface area contributed by atoms with E-state index >= 15 is 0 Å². The molecule has 1 aliphatic carbocycles. The molecule has 1 aromatic heterocycles. The van der Waals surface area contributed by atoms with Gasteiger partial charge in [-0.3, -0.25) is 4.98 Å². The van der Waals surface area contributed by atoms with Gasteiger partial charge >= 0.3 is 6.03 Å². The van der Waals surface area contributed by atoms with Crippen molar-refractivity contribution >= 4 is 21.7 Å². The minimum Gasteiger partial charge on any atom is -0.381 e. The molecule has 1 aromatic carbocycles. The number of anilines is 1. The Bertz CT molecular complexity index is 920. The molecule has 1 heterocycles. The largest absolute Gasteiger partial charge is 0.381 e. The Balaban J connectivity index is 1.51. The molecule has 2 amide bonds. The summed E-state index contributed by atoms with van der Waals surface area (Å²) in [4.78, 5) is 16.2. The standard InChI is InChI=1S/C21H28N4O4S/c1-29-20-7-3-2-6-17(20)15-24-30(27,28)19-10-8-18(9-11-19)25-21(26)23-14-16-5-4-12-22-13-16/h4-5,8-13,17,20,24H,2-3,6-7,14-15H2,1H3,(H2,23,25,26). The zero-order valence-corrected chi connectivity index (χ0v) is 17.8. The fourth-order valence-corrected chi connectivity index (χ4v) is 4.69. The summed E-state index contributed by atoms with van der Waals surface area (Å²) in [5.74, 6) is 0.183. The van der Waals surface area contributed by atoms with Crippen LogP contribution in [-0.2, 0) is 21.3 Å². The molecule has 2 atom stereocenters. The SMILES string of the molecule is COC1CCCCC1CNS(=O)(=O)c1ccc(NC(=O)NCc2cccnc2)cc1. The molecule has 2 aromatic rings. The average molecular weight is 433 g/mol. The van der Waals surface area contributed by atoms with Crippen LogP contribution in [0.3, 0.4) is 0 Å². The third-order valence-electron chi connectivity index (χ3n) is 5.28. The lowest BCUT2D eigenvalue weighted by Gasteiger charge is -2.30. The maximum atomic E-state index is 12.6. The van der Waals surface area contributed by atoms with Crippen molar-refractivity contribution in [3.8, 4) is 0 Å². The van der Waals surface area contributed by atoms with Gasteiger partial charge in [0, 0.05) is 38.3 Å². The van der Waals surface area contributed by atoms with E-state index in [4.69, 9.17) is 4.74 Å². The van der Waals surface area contributed by atoms with Crippen LogP contribution in [0.25, 0.3) is 0 Å². The van der Waals surface area contributed by atoms with Crippen LogP contribution in [0.1, 0.15) is 31.2 Å². The summed E-state index contributed by atoms with van der Waals surface area (Å²) in [6.07, 6.45) is 7.57. The summed E-state index contributed by atoms with van der Waals surface area (Å²) in [6.45, 7) is 0.706. The Kier molecular flexibility index (Phi) is 7.78. The summed E-state index contributed by atoms with van der Waals surface area (Å²) in [5, 5.41) is 5.41. The number of hydrogen-bond donors (Lipinski definition) is 3. The number of nitrogens with one attached hydrogen (secondary N) is 3. The molecule has 3 rings (SSSR count). The number of methoxy groups -OCH3 is 1. The van der Waals surface area contributed by atoms with Gasteiger partial charge in [0.2, 0.25) is 10.0 Å². The number of amides is 2. The molecule has 8 nitrogen and oxygen atoms in total.